The van der Waals surface area contributed by atoms with E-state index in [2.05, 4.69) is 10.2 Å². The fourth-order valence-electron chi connectivity index (χ4n) is 3.19. The molecule has 7 nitrogen and oxygen atoms in total. The van der Waals surface area contributed by atoms with Crippen LogP contribution < -0.4 is 5.32 Å². The molecular formula is C17H26N4O3S. The van der Waals surface area contributed by atoms with E-state index in [9.17, 15) is 13.2 Å². The van der Waals surface area contributed by atoms with Gasteiger partial charge in [-0.25, -0.2) is 13.2 Å². The van der Waals surface area contributed by atoms with Crippen LogP contribution in [0.3, 0.4) is 0 Å². The molecule has 2 heterocycles. The van der Waals surface area contributed by atoms with E-state index < -0.39 is 10.0 Å². The van der Waals surface area contributed by atoms with Crippen LogP contribution in [0.15, 0.2) is 29.2 Å². The third-order valence-corrected chi connectivity index (χ3v) is 6.76. The molecule has 0 aromatic heterocycles. The zero-order chi connectivity index (χ0) is 17.9. The van der Waals surface area contributed by atoms with Gasteiger partial charge in [0.2, 0.25) is 10.0 Å². The summed E-state index contributed by atoms with van der Waals surface area (Å²) in [6.45, 7) is 4.05. The van der Waals surface area contributed by atoms with E-state index in [4.69, 9.17) is 0 Å². The summed E-state index contributed by atoms with van der Waals surface area (Å²) in [5.41, 5.74) is 0.618. The van der Waals surface area contributed by atoms with Crippen LogP contribution in [0.4, 0.5) is 10.5 Å². The van der Waals surface area contributed by atoms with Gasteiger partial charge in [-0.15, -0.1) is 0 Å². The van der Waals surface area contributed by atoms with Gasteiger partial charge in [0.1, 0.15) is 0 Å². The molecule has 0 bridgehead atoms. The molecule has 0 aliphatic carbocycles. The molecule has 2 aliphatic rings. The summed E-state index contributed by atoms with van der Waals surface area (Å²) in [5.74, 6) is 0. The van der Waals surface area contributed by atoms with Crippen molar-refractivity contribution >= 4 is 21.7 Å². The number of rotatable bonds is 3. The number of piperazine rings is 1. The number of likely N-dealkylation sites (tertiary alicyclic amines) is 1. The van der Waals surface area contributed by atoms with E-state index in [0.717, 1.165) is 39.0 Å². The summed E-state index contributed by atoms with van der Waals surface area (Å²) in [4.78, 5) is 16.4. The van der Waals surface area contributed by atoms with Crippen molar-refractivity contribution in [2.24, 2.45) is 0 Å². The fraction of sp³-hybridized carbons (Fsp3) is 0.588. The number of piperidine rings is 1. The second kappa shape index (κ2) is 7.72. The number of nitrogens with one attached hydrogen (secondary N) is 1. The molecule has 0 radical (unpaired) electrons. The van der Waals surface area contributed by atoms with Gasteiger partial charge in [0.25, 0.3) is 0 Å². The quantitative estimate of drug-likeness (QED) is 0.883. The standard InChI is InChI=1S/C17H26N4O3S/c1-19-11-13-21(14-12-19)25(23,24)16-7-5-15(6-8-16)18-17(22)20-9-3-2-4-10-20/h5-8H,2-4,9-14H2,1H3,(H,18,22). The molecule has 0 atom stereocenters. The Hall–Kier alpha value is -1.64. The highest BCUT2D eigenvalue weighted by atomic mass is 32.2. The smallest absolute Gasteiger partial charge is 0.321 e. The lowest BCUT2D eigenvalue weighted by molar-refractivity contribution is 0.200. The van der Waals surface area contributed by atoms with Crippen molar-refractivity contribution < 1.29 is 13.2 Å². The van der Waals surface area contributed by atoms with Crippen LogP contribution in [0.1, 0.15) is 19.3 Å². The number of hydrogen-bond donors (Lipinski definition) is 1. The lowest BCUT2D eigenvalue weighted by Gasteiger charge is -2.31. The Kier molecular flexibility index (Phi) is 5.61. The number of likely N-dealkylation sites (N-methyl/N-ethyl adjacent to an activating group) is 1. The van der Waals surface area contributed by atoms with E-state index in [1.165, 1.54) is 10.7 Å². The topological polar surface area (TPSA) is 73.0 Å². The Morgan fingerprint density at radius 2 is 1.52 bits per heavy atom. The minimum atomic E-state index is -3.47. The largest absolute Gasteiger partial charge is 0.325 e. The molecule has 0 unspecified atom stereocenters. The average molecular weight is 366 g/mol. The number of amides is 2. The maximum atomic E-state index is 12.7. The van der Waals surface area contributed by atoms with Crippen molar-refractivity contribution in [3.63, 3.8) is 0 Å². The fourth-order valence-corrected chi connectivity index (χ4v) is 4.61. The number of carbonyl (C=O) groups excluding carboxylic acids is 1. The molecule has 0 saturated carbocycles. The van der Waals surface area contributed by atoms with Gasteiger partial charge in [-0.1, -0.05) is 0 Å². The van der Waals surface area contributed by atoms with Crippen LogP contribution in [-0.2, 0) is 10.0 Å². The molecule has 1 N–H and O–H groups in total. The lowest BCUT2D eigenvalue weighted by Crippen LogP contribution is -2.47. The Labute approximate surface area is 149 Å². The van der Waals surface area contributed by atoms with E-state index in [0.29, 0.717) is 18.8 Å². The average Bonchev–Trinajstić information content (AvgIpc) is 2.63. The minimum Gasteiger partial charge on any atom is -0.325 e. The SMILES string of the molecule is CN1CCN(S(=O)(=O)c2ccc(NC(=O)N3CCCCC3)cc2)CC1. The van der Waals surface area contributed by atoms with Crippen molar-refractivity contribution in [1.29, 1.82) is 0 Å². The third kappa shape index (κ3) is 4.31. The number of anilines is 1. The van der Waals surface area contributed by atoms with Gasteiger partial charge in [-0.3, -0.25) is 0 Å². The number of urea groups is 1. The van der Waals surface area contributed by atoms with Gasteiger partial charge >= 0.3 is 6.03 Å². The maximum Gasteiger partial charge on any atom is 0.321 e. The van der Waals surface area contributed by atoms with E-state index >= 15 is 0 Å². The first-order chi connectivity index (χ1) is 12.0. The molecule has 2 saturated heterocycles. The maximum absolute atomic E-state index is 12.7. The molecule has 1 aromatic carbocycles. The van der Waals surface area contributed by atoms with Crippen LogP contribution in [0.25, 0.3) is 0 Å². The Balaban J connectivity index is 1.64. The molecule has 2 fully saturated rings. The molecule has 0 spiro atoms. The number of carbonyl (C=O) groups is 1. The Morgan fingerprint density at radius 1 is 0.920 bits per heavy atom. The molecule has 3 rings (SSSR count). The molecule has 25 heavy (non-hydrogen) atoms. The van der Waals surface area contributed by atoms with Crippen molar-refractivity contribution in [1.82, 2.24) is 14.1 Å². The Bertz CT molecular complexity index is 691. The Morgan fingerprint density at radius 3 is 2.12 bits per heavy atom. The third-order valence-electron chi connectivity index (χ3n) is 4.85. The second-order valence-electron chi connectivity index (χ2n) is 6.71. The number of sulfonamides is 1. The number of hydrogen-bond acceptors (Lipinski definition) is 4. The van der Waals surface area contributed by atoms with Gasteiger partial charge in [0.15, 0.2) is 0 Å². The summed E-state index contributed by atoms with van der Waals surface area (Å²) >= 11 is 0. The number of nitrogens with zero attached hydrogens (tertiary/aromatic N) is 3. The van der Waals surface area contributed by atoms with Gasteiger partial charge in [0.05, 0.1) is 4.90 Å². The van der Waals surface area contributed by atoms with Gasteiger partial charge < -0.3 is 15.1 Å². The van der Waals surface area contributed by atoms with E-state index in [-0.39, 0.29) is 10.9 Å². The van der Waals surface area contributed by atoms with Crippen LogP contribution in [-0.4, -0.2) is 74.9 Å². The zero-order valence-corrected chi connectivity index (χ0v) is 15.5. The van der Waals surface area contributed by atoms with Crippen LogP contribution in [0, 0.1) is 0 Å². The zero-order valence-electron chi connectivity index (χ0n) is 14.6. The first-order valence-electron chi connectivity index (χ1n) is 8.81. The monoisotopic (exact) mass is 366 g/mol. The molecule has 8 heteroatoms. The molecule has 2 aliphatic heterocycles. The highest BCUT2D eigenvalue weighted by Gasteiger charge is 2.27. The van der Waals surface area contributed by atoms with E-state index in [1.54, 1.807) is 29.2 Å². The summed E-state index contributed by atoms with van der Waals surface area (Å²) in [5, 5.41) is 2.85. The van der Waals surface area contributed by atoms with Crippen LogP contribution in [0.5, 0.6) is 0 Å². The summed E-state index contributed by atoms with van der Waals surface area (Å²) in [7, 11) is -1.48. The summed E-state index contributed by atoms with van der Waals surface area (Å²) in [6.07, 6.45) is 3.24. The highest BCUT2D eigenvalue weighted by molar-refractivity contribution is 7.89. The molecule has 138 valence electrons. The predicted molar refractivity (Wildman–Crippen MR) is 97.1 cm³/mol. The van der Waals surface area contributed by atoms with Crippen LogP contribution in [0.2, 0.25) is 0 Å². The van der Waals surface area contributed by atoms with Gasteiger partial charge in [0, 0.05) is 45.0 Å². The number of benzene rings is 1. The predicted octanol–water partition coefficient (Wildman–Crippen LogP) is 1.64. The molecular weight excluding hydrogens is 340 g/mol. The van der Waals surface area contributed by atoms with Crippen LogP contribution >= 0.6 is 0 Å². The van der Waals surface area contributed by atoms with Crippen molar-refractivity contribution in [2.75, 3.05) is 51.6 Å². The molecule has 1 aromatic rings. The first-order valence-corrected chi connectivity index (χ1v) is 10.3. The lowest BCUT2D eigenvalue weighted by atomic mass is 10.1. The van der Waals surface area contributed by atoms with Crippen molar-refractivity contribution in [3.8, 4) is 0 Å². The first kappa shape index (κ1) is 18.2. The molecule has 2 amide bonds. The summed E-state index contributed by atoms with van der Waals surface area (Å²) < 4.78 is 26.9. The van der Waals surface area contributed by atoms with Crippen molar-refractivity contribution in [3.05, 3.63) is 24.3 Å². The normalized spacial score (nSPS) is 20.4. The highest BCUT2D eigenvalue weighted by Crippen LogP contribution is 2.20. The minimum absolute atomic E-state index is 0.116. The van der Waals surface area contributed by atoms with E-state index in [1.807, 2.05) is 7.05 Å². The summed E-state index contributed by atoms with van der Waals surface area (Å²) in [6, 6.07) is 6.34. The second-order valence-corrected chi connectivity index (χ2v) is 8.65. The van der Waals surface area contributed by atoms with Gasteiger partial charge in [-0.05, 0) is 50.6 Å². The van der Waals surface area contributed by atoms with Gasteiger partial charge in [-0.2, -0.15) is 4.31 Å². The van der Waals surface area contributed by atoms with Crippen molar-refractivity contribution in [2.45, 2.75) is 24.2 Å².